The number of carboxylic acid groups (broad SMARTS) is 1. The number of fused-ring (bicyclic) bond motifs is 2. The molecular weight excluding hydrogens is 386 g/mol. The van der Waals surface area contributed by atoms with E-state index in [-0.39, 0.29) is 42.3 Å². The van der Waals surface area contributed by atoms with Crippen LogP contribution in [0.3, 0.4) is 0 Å². The van der Waals surface area contributed by atoms with Gasteiger partial charge in [-0.3, -0.25) is 14.5 Å². The lowest BCUT2D eigenvalue weighted by Gasteiger charge is -2.23. The molecule has 1 saturated carbocycles. The summed E-state index contributed by atoms with van der Waals surface area (Å²) in [5.74, 6) is -1.30. The summed E-state index contributed by atoms with van der Waals surface area (Å²) in [6.45, 7) is 0.983. The number of carbonyl (C=O) groups excluding carboxylic acids is 1. The smallest absolute Gasteiger partial charge is 0.481 e. The number of hydrogen-bond donors (Lipinski definition) is 2. The maximum absolute atomic E-state index is 13.0. The fourth-order valence-corrected chi connectivity index (χ4v) is 4.29. The summed E-state index contributed by atoms with van der Waals surface area (Å²) in [6.07, 6.45) is -1.30. The first-order chi connectivity index (χ1) is 12.3. The Balaban J connectivity index is 0.00000210. The Kier molecular flexibility index (Phi) is 4.94. The van der Waals surface area contributed by atoms with E-state index in [0.717, 1.165) is 12.8 Å². The van der Waals surface area contributed by atoms with Crippen molar-refractivity contribution in [2.24, 2.45) is 11.3 Å². The lowest BCUT2D eigenvalue weighted by atomic mass is 9.81. The molecule has 2 N–H and O–H groups in total. The molecule has 27 heavy (non-hydrogen) atoms. The largest absolute Gasteiger partial charge is 0.586 e. The van der Waals surface area contributed by atoms with E-state index in [9.17, 15) is 23.5 Å². The standard InChI is InChI=1S/C17H18F2N2O5.ClH/c18-17(19)25-12-4-3-11(6-13(12)26-17)20-14(22)8-21-7-10-2-1-5-16(10,9-21)15(23)24;/h3-4,6,10H,1-2,5,7-9H2,(H,20,22)(H,23,24);1H/t10-,16+;/m0./s1. The molecule has 7 nitrogen and oxygen atoms in total. The number of carbonyl (C=O) groups is 2. The number of likely N-dealkylation sites (tertiary alicyclic amines) is 1. The molecule has 0 radical (unpaired) electrons. The van der Waals surface area contributed by atoms with E-state index in [2.05, 4.69) is 14.8 Å². The van der Waals surface area contributed by atoms with E-state index < -0.39 is 17.7 Å². The molecule has 1 aromatic rings. The summed E-state index contributed by atoms with van der Waals surface area (Å²) in [7, 11) is 0. The Hall–Kier alpha value is -2.13. The lowest BCUT2D eigenvalue weighted by molar-refractivity contribution is -0.286. The van der Waals surface area contributed by atoms with Crippen LogP contribution in [-0.2, 0) is 9.59 Å². The third-order valence-electron chi connectivity index (χ3n) is 5.42. The van der Waals surface area contributed by atoms with Gasteiger partial charge in [0.1, 0.15) is 0 Å². The quantitative estimate of drug-likeness (QED) is 0.802. The fraction of sp³-hybridized carbons (Fsp3) is 0.529. The number of amides is 1. The summed E-state index contributed by atoms with van der Waals surface area (Å²) in [4.78, 5) is 25.8. The molecule has 0 unspecified atom stereocenters. The van der Waals surface area contributed by atoms with Crippen molar-refractivity contribution in [3.8, 4) is 11.5 Å². The number of rotatable bonds is 4. The zero-order valence-corrected chi connectivity index (χ0v) is 15.1. The van der Waals surface area contributed by atoms with Crippen molar-refractivity contribution in [2.75, 3.05) is 25.0 Å². The normalized spacial score (nSPS) is 27.7. The molecule has 4 rings (SSSR count). The van der Waals surface area contributed by atoms with E-state index in [1.54, 1.807) is 0 Å². The maximum Gasteiger partial charge on any atom is 0.586 e. The Morgan fingerprint density at radius 3 is 2.74 bits per heavy atom. The third-order valence-corrected chi connectivity index (χ3v) is 5.42. The molecule has 0 aromatic heterocycles. The van der Waals surface area contributed by atoms with Crippen LogP contribution >= 0.6 is 12.4 Å². The average molecular weight is 405 g/mol. The number of anilines is 1. The number of nitrogens with zero attached hydrogens (tertiary/aromatic N) is 1. The monoisotopic (exact) mass is 404 g/mol. The second-order valence-corrected chi connectivity index (χ2v) is 7.10. The van der Waals surface area contributed by atoms with Crippen molar-refractivity contribution in [3.05, 3.63) is 18.2 Å². The molecule has 1 aromatic carbocycles. The van der Waals surface area contributed by atoms with Crippen LogP contribution in [0, 0.1) is 11.3 Å². The van der Waals surface area contributed by atoms with E-state index in [1.807, 2.05) is 4.90 Å². The van der Waals surface area contributed by atoms with Crippen LogP contribution in [-0.4, -0.2) is 47.8 Å². The zero-order chi connectivity index (χ0) is 18.5. The molecule has 1 amide bonds. The second-order valence-electron chi connectivity index (χ2n) is 7.10. The summed E-state index contributed by atoms with van der Waals surface area (Å²) < 4.78 is 34.7. The van der Waals surface area contributed by atoms with Gasteiger partial charge >= 0.3 is 12.3 Å². The topological polar surface area (TPSA) is 88.1 Å². The van der Waals surface area contributed by atoms with Gasteiger partial charge in [-0.2, -0.15) is 0 Å². The van der Waals surface area contributed by atoms with Crippen molar-refractivity contribution in [3.63, 3.8) is 0 Å². The summed E-state index contributed by atoms with van der Waals surface area (Å²) >= 11 is 0. The Morgan fingerprint density at radius 2 is 2.04 bits per heavy atom. The molecule has 148 valence electrons. The number of ether oxygens (including phenoxy) is 2. The van der Waals surface area contributed by atoms with Crippen LogP contribution in [0.5, 0.6) is 11.5 Å². The molecule has 2 heterocycles. The van der Waals surface area contributed by atoms with Crippen LogP contribution in [0.25, 0.3) is 0 Å². The molecule has 0 bridgehead atoms. The average Bonchev–Trinajstić information content (AvgIpc) is 3.15. The Bertz CT molecular complexity index is 778. The number of carboxylic acids is 1. The van der Waals surface area contributed by atoms with Crippen LogP contribution < -0.4 is 14.8 Å². The number of halogens is 3. The van der Waals surface area contributed by atoms with Crippen LogP contribution in [0.15, 0.2) is 18.2 Å². The first-order valence-corrected chi connectivity index (χ1v) is 8.43. The minimum atomic E-state index is -3.70. The van der Waals surface area contributed by atoms with Gasteiger partial charge in [-0.25, -0.2) is 0 Å². The van der Waals surface area contributed by atoms with Crippen molar-refractivity contribution >= 4 is 30.0 Å². The highest BCUT2D eigenvalue weighted by Crippen LogP contribution is 2.48. The predicted octanol–water partition coefficient (Wildman–Crippen LogP) is 2.56. The summed E-state index contributed by atoms with van der Waals surface area (Å²) in [6, 6.07) is 4.01. The van der Waals surface area contributed by atoms with Gasteiger partial charge in [0.25, 0.3) is 0 Å². The summed E-state index contributed by atoms with van der Waals surface area (Å²) in [5.41, 5.74) is -0.438. The molecule has 1 aliphatic carbocycles. The van der Waals surface area contributed by atoms with Gasteiger partial charge in [0.2, 0.25) is 5.91 Å². The number of hydrogen-bond acceptors (Lipinski definition) is 5. The molecular formula is C17H19ClF2N2O5. The third kappa shape index (κ3) is 3.53. The Labute approximate surface area is 160 Å². The van der Waals surface area contributed by atoms with Crippen molar-refractivity contribution in [2.45, 2.75) is 25.6 Å². The van der Waals surface area contributed by atoms with E-state index in [0.29, 0.717) is 25.2 Å². The zero-order valence-electron chi connectivity index (χ0n) is 14.2. The highest BCUT2D eigenvalue weighted by molar-refractivity contribution is 5.92. The molecule has 0 spiro atoms. The second kappa shape index (κ2) is 6.79. The van der Waals surface area contributed by atoms with Gasteiger partial charge in [0, 0.05) is 24.8 Å². The maximum atomic E-state index is 13.0. The predicted molar refractivity (Wildman–Crippen MR) is 92.4 cm³/mol. The first kappa shape index (κ1) is 19.6. The number of aliphatic carboxylic acids is 1. The van der Waals surface area contributed by atoms with Crippen LogP contribution in [0.4, 0.5) is 14.5 Å². The molecule has 1 saturated heterocycles. The summed E-state index contributed by atoms with van der Waals surface area (Å²) in [5, 5.41) is 12.2. The van der Waals surface area contributed by atoms with Crippen molar-refractivity contribution in [1.82, 2.24) is 4.90 Å². The van der Waals surface area contributed by atoms with Gasteiger partial charge in [-0.1, -0.05) is 6.42 Å². The molecule has 10 heteroatoms. The minimum Gasteiger partial charge on any atom is -0.481 e. The first-order valence-electron chi connectivity index (χ1n) is 8.43. The Morgan fingerprint density at radius 1 is 1.30 bits per heavy atom. The molecule has 3 aliphatic rings. The van der Waals surface area contributed by atoms with E-state index in [1.165, 1.54) is 18.2 Å². The van der Waals surface area contributed by atoms with Crippen molar-refractivity contribution < 1.29 is 33.0 Å². The van der Waals surface area contributed by atoms with Crippen LogP contribution in [0.1, 0.15) is 19.3 Å². The number of benzene rings is 1. The van der Waals surface area contributed by atoms with E-state index >= 15 is 0 Å². The molecule has 2 atom stereocenters. The lowest BCUT2D eigenvalue weighted by Crippen LogP contribution is -2.37. The van der Waals surface area contributed by atoms with Gasteiger partial charge in [-0.05, 0) is 30.9 Å². The SMILES string of the molecule is Cl.O=C(CN1C[C@@H]2CCC[C@@]2(C(=O)O)C1)Nc1ccc2c(c1)OC(F)(F)O2. The van der Waals surface area contributed by atoms with Gasteiger partial charge < -0.3 is 19.9 Å². The minimum absolute atomic E-state index is 0. The highest BCUT2D eigenvalue weighted by atomic mass is 35.5. The van der Waals surface area contributed by atoms with Crippen LogP contribution in [0.2, 0.25) is 0 Å². The molecule has 2 aliphatic heterocycles. The van der Waals surface area contributed by atoms with Gasteiger partial charge in [0.15, 0.2) is 11.5 Å². The van der Waals surface area contributed by atoms with Crippen molar-refractivity contribution in [1.29, 1.82) is 0 Å². The molecule has 2 fully saturated rings. The highest BCUT2D eigenvalue weighted by Gasteiger charge is 2.54. The van der Waals surface area contributed by atoms with Gasteiger partial charge in [-0.15, -0.1) is 21.2 Å². The number of nitrogens with one attached hydrogen (secondary N) is 1. The number of alkyl halides is 2. The fourth-order valence-electron chi connectivity index (χ4n) is 4.29. The van der Waals surface area contributed by atoms with E-state index in [4.69, 9.17) is 0 Å². The van der Waals surface area contributed by atoms with Gasteiger partial charge in [0.05, 0.1) is 12.0 Å².